The van der Waals surface area contributed by atoms with Crippen molar-refractivity contribution in [1.82, 2.24) is 5.32 Å². The summed E-state index contributed by atoms with van der Waals surface area (Å²) in [6, 6.07) is 10.0. The van der Waals surface area contributed by atoms with Gasteiger partial charge in [0, 0.05) is 24.3 Å². The minimum absolute atomic E-state index is 0.574. The summed E-state index contributed by atoms with van der Waals surface area (Å²) in [6.45, 7) is 9.10. The molecule has 0 spiro atoms. The van der Waals surface area contributed by atoms with Crippen LogP contribution < -0.4 is 10.2 Å². The molecule has 1 aliphatic rings. The Hall–Kier alpha value is -1.02. The summed E-state index contributed by atoms with van der Waals surface area (Å²) in [5.74, 6) is 0. The van der Waals surface area contributed by atoms with Crippen LogP contribution >= 0.6 is 0 Å². The van der Waals surface area contributed by atoms with Gasteiger partial charge in [-0.2, -0.15) is 0 Å². The molecule has 1 fully saturated rings. The highest BCUT2D eigenvalue weighted by atomic mass is 15.2. The van der Waals surface area contributed by atoms with Crippen LogP contribution in [0.3, 0.4) is 0 Å². The molecular formula is C15H24N2. The van der Waals surface area contributed by atoms with E-state index in [1.54, 1.807) is 0 Å². The highest BCUT2D eigenvalue weighted by molar-refractivity contribution is 5.54. The summed E-state index contributed by atoms with van der Waals surface area (Å²) in [5, 5.41) is 3.57. The monoisotopic (exact) mass is 232 g/mol. The molecule has 2 atom stereocenters. The smallest absolute Gasteiger partial charge is 0.0401 e. The molecule has 0 radical (unpaired) electrons. The van der Waals surface area contributed by atoms with Crippen molar-refractivity contribution in [2.75, 3.05) is 18.0 Å². The van der Waals surface area contributed by atoms with E-state index >= 15 is 0 Å². The molecule has 1 heterocycles. The predicted octanol–water partition coefficient (Wildman–Crippen LogP) is 2.83. The van der Waals surface area contributed by atoms with E-state index in [0.717, 1.165) is 19.5 Å². The van der Waals surface area contributed by atoms with Crippen LogP contribution in [0.15, 0.2) is 24.3 Å². The number of anilines is 1. The Morgan fingerprint density at radius 1 is 1.29 bits per heavy atom. The molecule has 1 saturated heterocycles. The number of hydrogen-bond acceptors (Lipinski definition) is 2. The Morgan fingerprint density at radius 2 is 2.06 bits per heavy atom. The third-order valence-electron chi connectivity index (χ3n) is 3.74. The molecule has 0 saturated carbocycles. The van der Waals surface area contributed by atoms with E-state index < -0.39 is 0 Å². The average Bonchev–Trinajstić information content (AvgIpc) is 2.51. The first kappa shape index (κ1) is 12.4. The molecule has 0 aromatic heterocycles. The Kier molecular flexibility index (Phi) is 4.06. The van der Waals surface area contributed by atoms with Gasteiger partial charge in [-0.1, -0.05) is 25.1 Å². The van der Waals surface area contributed by atoms with Crippen molar-refractivity contribution >= 4 is 5.69 Å². The van der Waals surface area contributed by atoms with Crippen molar-refractivity contribution in [2.45, 2.75) is 45.7 Å². The summed E-state index contributed by atoms with van der Waals surface area (Å²) in [6.07, 6.45) is 2.34. The molecule has 1 N–H and O–H groups in total. The summed E-state index contributed by atoms with van der Waals surface area (Å²) in [5.41, 5.74) is 2.89. The molecule has 0 bridgehead atoms. The average molecular weight is 232 g/mol. The van der Waals surface area contributed by atoms with Crippen LogP contribution in [0.1, 0.15) is 32.8 Å². The molecule has 1 aliphatic heterocycles. The predicted molar refractivity (Wildman–Crippen MR) is 74.7 cm³/mol. The fourth-order valence-corrected chi connectivity index (χ4v) is 2.66. The van der Waals surface area contributed by atoms with Crippen molar-refractivity contribution in [3.8, 4) is 0 Å². The van der Waals surface area contributed by atoms with Crippen LogP contribution in [0.4, 0.5) is 5.69 Å². The first-order valence-corrected chi connectivity index (χ1v) is 6.80. The number of rotatable bonds is 2. The minimum Gasteiger partial charge on any atom is -0.367 e. The molecule has 94 valence electrons. The van der Waals surface area contributed by atoms with Crippen LogP contribution in [-0.4, -0.2) is 25.2 Å². The van der Waals surface area contributed by atoms with Crippen LogP contribution in [0, 0.1) is 0 Å². The highest BCUT2D eigenvalue weighted by Gasteiger charge is 2.21. The molecule has 2 rings (SSSR count). The SMILES string of the molecule is CCc1ccccc1N1CC(C)NCCC1C. The van der Waals surface area contributed by atoms with Gasteiger partial charge in [0.2, 0.25) is 0 Å². The Labute approximate surface area is 105 Å². The Balaban J connectivity index is 2.29. The van der Waals surface area contributed by atoms with E-state index in [4.69, 9.17) is 0 Å². The maximum Gasteiger partial charge on any atom is 0.0401 e. The van der Waals surface area contributed by atoms with Crippen LogP contribution in [0.2, 0.25) is 0 Å². The fourth-order valence-electron chi connectivity index (χ4n) is 2.66. The molecule has 1 aromatic rings. The summed E-state index contributed by atoms with van der Waals surface area (Å²) in [7, 11) is 0. The summed E-state index contributed by atoms with van der Waals surface area (Å²) in [4.78, 5) is 2.57. The number of aryl methyl sites for hydroxylation is 1. The first-order chi connectivity index (χ1) is 8.22. The van der Waals surface area contributed by atoms with Crippen molar-refractivity contribution < 1.29 is 0 Å². The Bertz CT molecular complexity index is 362. The van der Waals surface area contributed by atoms with Crippen LogP contribution in [-0.2, 0) is 6.42 Å². The van der Waals surface area contributed by atoms with Gasteiger partial charge in [-0.25, -0.2) is 0 Å². The number of nitrogens with one attached hydrogen (secondary N) is 1. The zero-order valence-electron chi connectivity index (χ0n) is 11.2. The van der Waals surface area contributed by atoms with Crippen LogP contribution in [0.5, 0.6) is 0 Å². The van der Waals surface area contributed by atoms with E-state index in [1.807, 2.05) is 0 Å². The largest absolute Gasteiger partial charge is 0.367 e. The summed E-state index contributed by atoms with van der Waals surface area (Å²) >= 11 is 0. The summed E-state index contributed by atoms with van der Waals surface area (Å²) < 4.78 is 0. The van der Waals surface area contributed by atoms with E-state index in [-0.39, 0.29) is 0 Å². The van der Waals surface area contributed by atoms with E-state index in [2.05, 4.69) is 55.3 Å². The van der Waals surface area contributed by atoms with Crippen molar-refractivity contribution in [3.63, 3.8) is 0 Å². The maximum absolute atomic E-state index is 3.57. The minimum atomic E-state index is 0.574. The molecule has 0 aliphatic carbocycles. The van der Waals surface area contributed by atoms with Crippen molar-refractivity contribution in [2.24, 2.45) is 0 Å². The lowest BCUT2D eigenvalue weighted by Crippen LogP contribution is -2.39. The maximum atomic E-state index is 3.57. The van der Waals surface area contributed by atoms with Crippen molar-refractivity contribution in [1.29, 1.82) is 0 Å². The zero-order chi connectivity index (χ0) is 12.3. The van der Waals surface area contributed by atoms with E-state index in [1.165, 1.54) is 17.7 Å². The second-order valence-corrected chi connectivity index (χ2v) is 5.13. The van der Waals surface area contributed by atoms with Crippen LogP contribution in [0.25, 0.3) is 0 Å². The third kappa shape index (κ3) is 2.81. The van der Waals surface area contributed by atoms with Gasteiger partial charge in [-0.15, -0.1) is 0 Å². The number of nitrogens with zero attached hydrogens (tertiary/aromatic N) is 1. The molecule has 2 nitrogen and oxygen atoms in total. The number of hydrogen-bond donors (Lipinski definition) is 1. The second-order valence-electron chi connectivity index (χ2n) is 5.13. The highest BCUT2D eigenvalue weighted by Crippen LogP contribution is 2.25. The molecule has 17 heavy (non-hydrogen) atoms. The topological polar surface area (TPSA) is 15.3 Å². The fraction of sp³-hybridized carbons (Fsp3) is 0.600. The van der Waals surface area contributed by atoms with E-state index in [9.17, 15) is 0 Å². The quantitative estimate of drug-likeness (QED) is 0.843. The zero-order valence-corrected chi connectivity index (χ0v) is 11.2. The lowest BCUT2D eigenvalue weighted by molar-refractivity contribution is 0.584. The number of benzene rings is 1. The van der Waals surface area contributed by atoms with E-state index in [0.29, 0.717) is 12.1 Å². The lowest BCUT2D eigenvalue weighted by Gasteiger charge is -2.32. The van der Waals surface area contributed by atoms with Gasteiger partial charge < -0.3 is 10.2 Å². The molecule has 0 amide bonds. The Morgan fingerprint density at radius 3 is 2.82 bits per heavy atom. The van der Waals surface area contributed by atoms with Gasteiger partial charge in [-0.3, -0.25) is 0 Å². The molecule has 2 heteroatoms. The molecule has 2 unspecified atom stereocenters. The standard InChI is InChI=1S/C15H24N2/c1-4-14-7-5-6-8-15(14)17-11-12(2)16-10-9-13(17)3/h5-8,12-13,16H,4,9-11H2,1-3H3. The molecular weight excluding hydrogens is 208 g/mol. The third-order valence-corrected chi connectivity index (χ3v) is 3.74. The van der Waals surface area contributed by atoms with Gasteiger partial charge in [0.1, 0.15) is 0 Å². The van der Waals surface area contributed by atoms with Gasteiger partial charge in [0.25, 0.3) is 0 Å². The van der Waals surface area contributed by atoms with Gasteiger partial charge >= 0.3 is 0 Å². The van der Waals surface area contributed by atoms with Gasteiger partial charge in [-0.05, 0) is 44.9 Å². The second kappa shape index (κ2) is 5.54. The normalized spacial score (nSPS) is 25.7. The lowest BCUT2D eigenvalue weighted by atomic mass is 10.1. The number of para-hydroxylation sites is 1. The first-order valence-electron chi connectivity index (χ1n) is 6.80. The van der Waals surface area contributed by atoms with Crippen molar-refractivity contribution in [3.05, 3.63) is 29.8 Å². The van der Waals surface area contributed by atoms with Gasteiger partial charge in [0.15, 0.2) is 0 Å². The van der Waals surface area contributed by atoms with Gasteiger partial charge in [0.05, 0.1) is 0 Å². The molecule has 1 aromatic carbocycles.